The Morgan fingerprint density at radius 3 is 2.77 bits per heavy atom. The van der Waals surface area contributed by atoms with Crippen LogP contribution in [0.1, 0.15) is 29.4 Å². The van der Waals surface area contributed by atoms with Gasteiger partial charge in [0.2, 0.25) is 0 Å². The van der Waals surface area contributed by atoms with E-state index < -0.39 is 29.5 Å². The van der Waals surface area contributed by atoms with Crippen LogP contribution in [0.25, 0.3) is 0 Å². The van der Waals surface area contributed by atoms with Crippen LogP contribution < -0.4 is 15.7 Å². The Kier molecular flexibility index (Phi) is 5.29. The van der Waals surface area contributed by atoms with E-state index in [-0.39, 0.29) is 18.3 Å². The van der Waals surface area contributed by atoms with Crippen molar-refractivity contribution < 1.29 is 23.8 Å². The first kappa shape index (κ1) is 18.0. The third-order valence-electron chi connectivity index (χ3n) is 4.09. The maximum absolute atomic E-state index is 14.3. The van der Waals surface area contributed by atoms with E-state index in [9.17, 15) is 14.0 Å². The molecule has 1 aliphatic heterocycles. The van der Waals surface area contributed by atoms with E-state index >= 15 is 0 Å². The molecule has 2 aromatic rings. The van der Waals surface area contributed by atoms with E-state index in [1.54, 1.807) is 12.1 Å². The van der Waals surface area contributed by atoms with Crippen LogP contribution in [0.3, 0.4) is 0 Å². The minimum atomic E-state index is -0.859. The van der Waals surface area contributed by atoms with Crippen LogP contribution in [-0.2, 0) is 4.74 Å². The normalized spacial score (nSPS) is 19.3. The van der Waals surface area contributed by atoms with Gasteiger partial charge in [-0.15, -0.1) is 0 Å². The minimum absolute atomic E-state index is 0.169. The summed E-state index contributed by atoms with van der Waals surface area (Å²) < 4.78 is 25.8. The number of carbonyl (C=O) groups excluding carboxylic acids is 1. The second-order valence-corrected chi connectivity index (χ2v) is 5.78. The molecule has 1 aromatic heterocycles. The topological polar surface area (TPSA) is 103 Å². The van der Waals surface area contributed by atoms with Gasteiger partial charge in [0.25, 0.3) is 5.91 Å². The molecule has 2 N–H and O–H groups in total. The van der Waals surface area contributed by atoms with Gasteiger partial charge in [0.1, 0.15) is 12.0 Å². The number of hydrogen-bond donors (Lipinski definition) is 2. The fourth-order valence-corrected chi connectivity index (χ4v) is 2.69. The molecule has 0 saturated carbocycles. The highest BCUT2D eigenvalue weighted by molar-refractivity contribution is 6.03. The maximum Gasteiger partial charge on any atom is 0.351 e. The average molecular weight is 363 g/mol. The van der Waals surface area contributed by atoms with Gasteiger partial charge in [-0.3, -0.25) is 9.36 Å². The zero-order valence-corrected chi connectivity index (χ0v) is 14.0. The molecule has 138 valence electrons. The van der Waals surface area contributed by atoms with Gasteiger partial charge in [-0.1, -0.05) is 0 Å². The first-order chi connectivity index (χ1) is 12.5. The largest absolute Gasteiger partial charge is 0.497 e. The molecule has 26 heavy (non-hydrogen) atoms. The van der Waals surface area contributed by atoms with Gasteiger partial charge in [-0.2, -0.15) is 4.98 Å². The van der Waals surface area contributed by atoms with E-state index in [0.717, 1.165) is 10.8 Å². The SMILES string of the molecule is COc1ccc(C(=O)Nc2nc(=O)n([C@H]3CC[C@@H](CO)O3)cc2F)cc1. The summed E-state index contributed by atoms with van der Waals surface area (Å²) in [4.78, 5) is 27.9. The Labute approximate surface area is 148 Å². The van der Waals surface area contributed by atoms with Crippen LogP contribution >= 0.6 is 0 Å². The van der Waals surface area contributed by atoms with E-state index in [0.29, 0.717) is 18.6 Å². The zero-order valence-electron chi connectivity index (χ0n) is 14.0. The van der Waals surface area contributed by atoms with Crippen LogP contribution in [0, 0.1) is 5.82 Å². The Hall–Kier alpha value is -2.78. The van der Waals surface area contributed by atoms with Crippen molar-refractivity contribution in [2.75, 3.05) is 19.0 Å². The number of halogens is 1. The number of aliphatic hydroxyl groups is 1. The summed E-state index contributed by atoms with van der Waals surface area (Å²) in [5.41, 5.74) is -0.485. The second kappa shape index (κ2) is 7.63. The fraction of sp³-hybridized carbons (Fsp3) is 0.353. The molecule has 1 aliphatic rings. The molecule has 8 nitrogen and oxygen atoms in total. The zero-order chi connectivity index (χ0) is 18.7. The van der Waals surface area contributed by atoms with Crippen molar-refractivity contribution in [1.29, 1.82) is 0 Å². The van der Waals surface area contributed by atoms with Crippen molar-refractivity contribution in [2.24, 2.45) is 0 Å². The molecule has 2 heterocycles. The standard InChI is InChI=1S/C17H18FN3O5/c1-25-11-4-2-10(3-5-11)16(23)19-15-13(18)8-21(17(24)20-15)14-7-6-12(9-22)26-14/h2-5,8,12,14,22H,6-7,9H2,1H3,(H,19,20,23,24)/t12-,14+/m0/s1. The molecule has 2 atom stereocenters. The third-order valence-corrected chi connectivity index (χ3v) is 4.09. The number of aliphatic hydroxyl groups excluding tert-OH is 1. The fourth-order valence-electron chi connectivity index (χ4n) is 2.69. The molecule has 0 aliphatic carbocycles. The van der Waals surface area contributed by atoms with Crippen molar-refractivity contribution in [3.05, 3.63) is 52.3 Å². The molecular formula is C17H18FN3O5. The minimum Gasteiger partial charge on any atom is -0.497 e. The first-order valence-corrected chi connectivity index (χ1v) is 8.02. The van der Waals surface area contributed by atoms with Crippen molar-refractivity contribution in [1.82, 2.24) is 9.55 Å². The lowest BCUT2D eigenvalue weighted by Crippen LogP contribution is -2.30. The molecular weight excluding hydrogens is 345 g/mol. The lowest BCUT2D eigenvalue weighted by atomic mass is 10.2. The highest BCUT2D eigenvalue weighted by atomic mass is 19.1. The second-order valence-electron chi connectivity index (χ2n) is 5.78. The van der Waals surface area contributed by atoms with Gasteiger partial charge >= 0.3 is 5.69 Å². The van der Waals surface area contributed by atoms with Gasteiger partial charge in [0.15, 0.2) is 11.6 Å². The maximum atomic E-state index is 14.3. The summed E-state index contributed by atoms with van der Waals surface area (Å²) >= 11 is 0. The summed E-state index contributed by atoms with van der Waals surface area (Å²) in [6.45, 7) is -0.169. The molecule has 0 bridgehead atoms. The number of amides is 1. The summed E-state index contributed by atoms with van der Waals surface area (Å²) in [5, 5.41) is 11.4. The van der Waals surface area contributed by atoms with Crippen LogP contribution in [0.15, 0.2) is 35.3 Å². The third kappa shape index (κ3) is 3.73. The Morgan fingerprint density at radius 2 is 2.15 bits per heavy atom. The molecule has 1 aromatic carbocycles. The number of nitrogens with one attached hydrogen (secondary N) is 1. The number of hydrogen-bond acceptors (Lipinski definition) is 6. The number of anilines is 1. The summed E-state index contributed by atoms with van der Waals surface area (Å²) in [7, 11) is 1.50. The number of ether oxygens (including phenoxy) is 2. The number of aromatic nitrogens is 2. The van der Waals surface area contributed by atoms with Crippen LogP contribution in [0.4, 0.5) is 10.2 Å². The van der Waals surface area contributed by atoms with Crippen LogP contribution in [0.5, 0.6) is 5.75 Å². The molecule has 0 unspecified atom stereocenters. The molecule has 1 amide bonds. The van der Waals surface area contributed by atoms with Crippen molar-refractivity contribution in [3.8, 4) is 5.75 Å². The lowest BCUT2D eigenvalue weighted by molar-refractivity contribution is -0.0249. The average Bonchev–Trinajstić information content (AvgIpc) is 3.13. The van der Waals surface area contributed by atoms with E-state index in [1.807, 2.05) is 0 Å². The molecule has 1 fully saturated rings. The van der Waals surface area contributed by atoms with Crippen molar-refractivity contribution >= 4 is 11.7 Å². The molecule has 0 spiro atoms. The lowest BCUT2D eigenvalue weighted by Gasteiger charge is -2.15. The smallest absolute Gasteiger partial charge is 0.351 e. The monoisotopic (exact) mass is 363 g/mol. The van der Waals surface area contributed by atoms with E-state index in [1.165, 1.54) is 19.2 Å². The first-order valence-electron chi connectivity index (χ1n) is 8.02. The predicted octanol–water partition coefficient (Wildman–Crippen LogP) is 1.31. The number of nitrogens with zero attached hydrogens (tertiary/aromatic N) is 2. The Morgan fingerprint density at radius 1 is 1.42 bits per heavy atom. The highest BCUT2D eigenvalue weighted by Gasteiger charge is 2.27. The number of carbonyl (C=O) groups is 1. The van der Waals surface area contributed by atoms with Gasteiger partial charge in [0.05, 0.1) is 26.0 Å². The molecule has 9 heteroatoms. The quantitative estimate of drug-likeness (QED) is 0.830. The molecule has 1 saturated heterocycles. The Bertz CT molecular complexity index is 852. The van der Waals surface area contributed by atoms with Crippen LogP contribution in [0.2, 0.25) is 0 Å². The van der Waals surface area contributed by atoms with Crippen LogP contribution in [-0.4, -0.2) is 40.4 Å². The van der Waals surface area contributed by atoms with Crippen molar-refractivity contribution in [2.45, 2.75) is 25.2 Å². The number of rotatable bonds is 5. The number of methoxy groups -OCH3 is 1. The highest BCUT2D eigenvalue weighted by Crippen LogP contribution is 2.27. The molecule has 0 radical (unpaired) electrons. The van der Waals surface area contributed by atoms with E-state index in [2.05, 4.69) is 10.3 Å². The predicted molar refractivity (Wildman–Crippen MR) is 89.6 cm³/mol. The van der Waals surface area contributed by atoms with Gasteiger partial charge in [-0.05, 0) is 37.1 Å². The van der Waals surface area contributed by atoms with E-state index in [4.69, 9.17) is 14.6 Å². The number of benzene rings is 1. The van der Waals surface area contributed by atoms with Crippen molar-refractivity contribution in [3.63, 3.8) is 0 Å². The summed E-state index contributed by atoms with van der Waals surface area (Å²) in [6, 6.07) is 6.20. The van der Waals surface area contributed by atoms with Gasteiger partial charge in [-0.25, -0.2) is 9.18 Å². The summed E-state index contributed by atoms with van der Waals surface area (Å²) in [5.74, 6) is -1.34. The Balaban J connectivity index is 1.77. The van der Waals surface area contributed by atoms with Gasteiger partial charge < -0.3 is 19.9 Å². The summed E-state index contributed by atoms with van der Waals surface area (Å²) in [6.07, 6.45) is 0.899. The van der Waals surface area contributed by atoms with Gasteiger partial charge in [0, 0.05) is 5.56 Å². The molecule has 3 rings (SSSR count).